The summed E-state index contributed by atoms with van der Waals surface area (Å²) in [7, 11) is 1.69. The van der Waals surface area contributed by atoms with Gasteiger partial charge in [-0.15, -0.1) is 0 Å². The Bertz CT molecular complexity index is 386. The molecule has 1 amide bonds. The fraction of sp³-hybridized carbons (Fsp3) is 0.923. The normalized spacial score (nSPS) is 13.2. The van der Waals surface area contributed by atoms with Crippen molar-refractivity contribution in [1.82, 2.24) is 5.32 Å². The van der Waals surface area contributed by atoms with E-state index in [9.17, 15) is 9.59 Å². The van der Waals surface area contributed by atoms with Crippen LogP contribution in [0.1, 0.15) is 123 Å². The molecule has 0 aromatic heterocycles. The zero-order chi connectivity index (χ0) is 22.3. The van der Waals surface area contributed by atoms with Gasteiger partial charge in [-0.1, -0.05) is 90.9 Å². The van der Waals surface area contributed by atoms with E-state index < -0.39 is 0 Å². The van der Waals surface area contributed by atoms with Gasteiger partial charge in [0.15, 0.2) is 0 Å². The Morgan fingerprint density at radius 1 is 0.767 bits per heavy atom. The SMILES string of the molecule is COCCCNC(=O)CCCCCCC(C)CCCCC(C)CCCCCCC=O. The first-order valence-electron chi connectivity index (χ1n) is 12.8. The second kappa shape index (κ2) is 22.8. The van der Waals surface area contributed by atoms with E-state index in [1.54, 1.807) is 7.11 Å². The van der Waals surface area contributed by atoms with Gasteiger partial charge in [0.2, 0.25) is 5.91 Å². The predicted molar refractivity (Wildman–Crippen MR) is 128 cm³/mol. The van der Waals surface area contributed by atoms with Gasteiger partial charge in [-0.05, 0) is 31.1 Å². The van der Waals surface area contributed by atoms with Crippen LogP contribution in [0.2, 0.25) is 0 Å². The van der Waals surface area contributed by atoms with E-state index in [0.717, 1.165) is 50.4 Å². The molecule has 0 fully saturated rings. The first kappa shape index (κ1) is 29.1. The first-order chi connectivity index (χ1) is 14.6. The number of carbonyl (C=O) groups excluding carboxylic acids is 2. The summed E-state index contributed by atoms with van der Waals surface area (Å²) in [5, 5.41) is 2.95. The summed E-state index contributed by atoms with van der Waals surface area (Å²) in [5.41, 5.74) is 0. The van der Waals surface area contributed by atoms with E-state index in [-0.39, 0.29) is 5.91 Å². The molecule has 4 nitrogen and oxygen atoms in total. The number of unbranched alkanes of at least 4 members (excludes halogenated alkanes) is 8. The predicted octanol–water partition coefficient (Wildman–Crippen LogP) is 6.85. The summed E-state index contributed by atoms with van der Waals surface area (Å²) in [6.45, 7) is 6.23. The van der Waals surface area contributed by atoms with E-state index in [2.05, 4.69) is 19.2 Å². The maximum absolute atomic E-state index is 11.7. The molecule has 2 atom stereocenters. The number of carbonyl (C=O) groups is 2. The number of amides is 1. The Labute approximate surface area is 187 Å². The molecule has 178 valence electrons. The van der Waals surface area contributed by atoms with Gasteiger partial charge in [0, 0.05) is 33.1 Å². The van der Waals surface area contributed by atoms with Crippen LogP contribution in [0.15, 0.2) is 0 Å². The van der Waals surface area contributed by atoms with Crippen LogP contribution < -0.4 is 5.32 Å². The highest BCUT2D eigenvalue weighted by Gasteiger charge is 2.06. The number of rotatable bonds is 23. The van der Waals surface area contributed by atoms with Crippen LogP contribution in [-0.4, -0.2) is 32.5 Å². The average Bonchev–Trinajstić information content (AvgIpc) is 2.73. The Morgan fingerprint density at radius 3 is 1.80 bits per heavy atom. The molecule has 1 N–H and O–H groups in total. The lowest BCUT2D eigenvalue weighted by Gasteiger charge is -2.13. The minimum absolute atomic E-state index is 0.187. The van der Waals surface area contributed by atoms with Crippen molar-refractivity contribution in [3.63, 3.8) is 0 Å². The van der Waals surface area contributed by atoms with Crippen LogP contribution in [0.4, 0.5) is 0 Å². The van der Waals surface area contributed by atoms with Crippen molar-refractivity contribution in [1.29, 1.82) is 0 Å². The molecule has 0 aliphatic heterocycles. The number of methoxy groups -OCH3 is 1. The molecule has 0 aliphatic rings. The van der Waals surface area contributed by atoms with Gasteiger partial charge >= 0.3 is 0 Å². The fourth-order valence-electron chi connectivity index (χ4n) is 4.01. The van der Waals surface area contributed by atoms with Gasteiger partial charge in [-0.25, -0.2) is 0 Å². The van der Waals surface area contributed by atoms with E-state index in [0.29, 0.717) is 13.0 Å². The molecule has 0 rings (SSSR count). The molecule has 4 heteroatoms. The fourth-order valence-corrected chi connectivity index (χ4v) is 4.01. The van der Waals surface area contributed by atoms with E-state index >= 15 is 0 Å². The van der Waals surface area contributed by atoms with Crippen LogP contribution in [-0.2, 0) is 14.3 Å². The highest BCUT2D eigenvalue weighted by atomic mass is 16.5. The summed E-state index contributed by atoms with van der Waals surface area (Å²) in [6.07, 6.45) is 21.1. The zero-order valence-corrected chi connectivity index (χ0v) is 20.4. The van der Waals surface area contributed by atoms with Gasteiger partial charge in [-0.3, -0.25) is 4.79 Å². The summed E-state index contributed by atoms with van der Waals surface area (Å²) in [5.74, 6) is 1.87. The van der Waals surface area contributed by atoms with Crippen molar-refractivity contribution >= 4 is 12.2 Å². The third-order valence-corrected chi connectivity index (χ3v) is 6.11. The molecule has 0 aliphatic carbocycles. The summed E-state index contributed by atoms with van der Waals surface area (Å²) < 4.78 is 4.98. The molecule has 30 heavy (non-hydrogen) atoms. The topological polar surface area (TPSA) is 55.4 Å². The van der Waals surface area contributed by atoms with Crippen molar-refractivity contribution in [2.75, 3.05) is 20.3 Å². The lowest BCUT2D eigenvalue weighted by atomic mass is 9.93. The minimum Gasteiger partial charge on any atom is -0.385 e. The Balaban J connectivity index is 3.38. The molecular formula is C26H51NO3. The molecule has 0 saturated carbocycles. The third kappa shape index (κ3) is 21.8. The molecule has 0 aromatic rings. The number of hydrogen-bond donors (Lipinski definition) is 1. The summed E-state index contributed by atoms with van der Waals surface area (Å²) in [4.78, 5) is 22.0. The van der Waals surface area contributed by atoms with Gasteiger partial charge < -0.3 is 14.8 Å². The second-order valence-electron chi connectivity index (χ2n) is 9.30. The van der Waals surface area contributed by atoms with Gasteiger partial charge in [0.25, 0.3) is 0 Å². The van der Waals surface area contributed by atoms with Crippen molar-refractivity contribution in [3.05, 3.63) is 0 Å². The van der Waals surface area contributed by atoms with E-state index in [4.69, 9.17) is 4.74 Å². The number of hydrogen-bond acceptors (Lipinski definition) is 3. The van der Waals surface area contributed by atoms with Crippen LogP contribution in [0.3, 0.4) is 0 Å². The van der Waals surface area contributed by atoms with Crippen LogP contribution >= 0.6 is 0 Å². The zero-order valence-electron chi connectivity index (χ0n) is 20.4. The molecule has 0 aromatic carbocycles. The lowest BCUT2D eigenvalue weighted by Crippen LogP contribution is -2.24. The quantitative estimate of drug-likeness (QED) is 0.144. The molecule has 0 saturated heterocycles. The van der Waals surface area contributed by atoms with Gasteiger partial charge in [-0.2, -0.15) is 0 Å². The van der Waals surface area contributed by atoms with Crippen molar-refractivity contribution in [2.24, 2.45) is 11.8 Å². The highest BCUT2D eigenvalue weighted by Crippen LogP contribution is 2.21. The number of ether oxygens (including phenoxy) is 1. The maximum Gasteiger partial charge on any atom is 0.219 e. The van der Waals surface area contributed by atoms with Gasteiger partial charge in [0.1, 0.15) is 6.29 Å². The average molecular weight is 426 g/mol. The van der Waals surface area contributed by atoms with Crippen LogP contribution in [0, 0.1) is 11.8 Å². The minimum atomic E-state index is 0.187. The Morgan fingerprint density at radius 2 is 1.27 bits per heavy atom. The summed E-state index contributed by atoms with van der Waals surface area (Å²) in [6, 6.07) is 0. The standard InChI is InChI=1S/C26H51NO3/c1-24(16-9-5-4-8-14-22-28)18-12-13-19-25(2)17-10-6-7-11-20-26(29)27-21-15-23-30-3/h22,24-25H,4-21,23H2,1-3H3,(H,27,29). The van der Waals surface area contributed by atoms with E-state index in [1.165, 1.54) is 77.0 Å². The smallest absolute Gasteiger partial charge is 0.219 e. The molecule has 0 bridgehead atoms. The molecule has 0 spiro atoms. The van der Waals surface area contributed by atoms with Crippen molar-refractivity contribution < 1.29 is 14.3 Å². The molecular weight excluding hydrogens is 374 g/mol. The largest absolute Gasteiger partial charge is 0.385 e. The Hall–Kier alpha value is -0.900. The Kier molecular flexibility index (Phi) is 22.1. The van der Waals surface area contributed by atoms with E-state index in [1.807, 2.05) is 0 Å². The second-order valence-corrected chi connectivity index (χ2v) is 9.30. The first-order valence-corrected chi connectivity index (χ1v) is 12.8. The third-order valence-electron chi connectivity index (χ3n) is 6.11. The summed E-state index contributed by atoms with van der Waals surface area (Å²) >= 11 is 0. The monoisotopic (exact) mass is 425 g/mol. The van der Waals surface area contributed by atoms with Crippen LogP contribution in [0.25, 0.3) is 0 Å². The molecule has 2 unspecified atom stereocenters. The highest BCUT2D eigenvalue weighted by molar-refractivity contribution is 5.75. The number of nitrogens with one attached hydrogen (secondary N) is 1. The molecule has 0 heterocycles. The van der Waals surface area contributed by atoms with Crippen molar-refractivity contribution in [3.8, 4) is 0 Å². The number of aldehydes is 1. The molecule has 0 radical (unpaired) electrons. The lowest BCUT2D eigenvalue weighted by molar-refractivity contribution is -0.121. The van der Waals surface area contributed by atoms with Crippen LogP contribution in [0.5, 0.6) is 0 Å². The maximum atomic E-state index is 11.7. The van der Waals surface area contributed by atoms with Gasteiger partial charge in [0.05, 0.1) is 0 Å². The van der Waals surface area contributed by atoms with Crippen molar-refractivity contribution in [2.45, 2.75) is 123 Å².